The highest BCUT2D eigenvalue weighted by Gasteiger charge is 2.33. The highest BCUT2D eigenvalue weighted by atomic mass is 16.6. The molecule has 6 heteroatoms. The third-order valence-corrected chi connectivity index (χ3v) is 3.84. The number of hydrogen-bond donors (Lipinski definition) is 1. The van der Waals surface area contributed by atoms with Gasteiger partial charge in [-0.25, -0.2) is 0 Å². The molecule has 0 saturated heterocycles. The fraction of sp³-hybridized carbons (Fsp3) is 0.364. The molecule has 0 unspecified atom stereocenters. The monoisotopic (exact) mass is 385 g/mol. The van der Waals surface area contributed by atoms with E-state index in [0.29, 0.717) is 17.9 Å². The van der Waals surface area contributed by atoms with E-state index in [9.17, 15) is 9.59 Å². The Morgan fingerprint density at radius 3 is 2.25 bits per heavy atom. The van der Waals surface area contributed by atoms with E-state index in [4.69, 9.17) is 19.9 Å². The van der Waals surface area contributed by atoms with Gasteiger partial charge in [-0.1, -0.05) is 48.5 Å². The standard InChI is InChI=1S/C22H27NO5/c1-22(2,3)28-21(25)18(20(24)27-15-23)13-17-11-7-8-12-19(17)26-14-16-9-5-4-6-10-16/h4-12,18H,13-15,23H2,1-3H3/t18-/m0/s1. The molecule has 0 aliphatic rings. The van der Waals surface area contributed by atoms with E-state index in [1.807, 2.05) is 48.5 Å². The fourth-order valence-corrected chi connectivity index (χ4v) is 2.59. The van der Waals surface area contributed by atoms with Gasteiger partial charge in [-0.05, 0) is 44.4 Å². The third kappa shape index (κ3) is 6.70. The number of hydrogen-bond acceptors (Lipinski definition) is 6. The predicted octanol–water partition coefficient (Wildman–Crippen LogP) is 3.23. The maximum absolute atomic E-state index is 12.6. The van der Waals surface area contributed by atoms with Crippen molar-refractivity contribution in [1.82, 2.24) is 0 Å². The van der Waals surface area contributed by atoms with Crippen LogP contribution >= 0.6 is 0 Å². The van der Waals surface area contributed by atoms with E-state index in [2.05, 4.69) is 0 Å². The highest BCUT2D eigenvalue weighted by molar-refractivity contribution is 5.95. The first-order valence-electron chi connectivity index (χ1n) is 9.14. The summed E-state index contributed by atoms with van der Waals surface area (Å²) in [7, 11) is 0. The van der Waals surface area contributed by atoms with E-state index in [-0.39, 0.29) is 13.2 Å². The Labute approximate surface area is 165 Å². The second kappa shape index (κ2) is 9.90. The van der Waals surface area contributed by atoms with E-state index >= 15 is 0 Å². The molecule has 0 heterocycles. The van der Waals surface area contributed by atoms with Crippen molar-refractivity contribution in [2.24, 2.45) is 11.7 Å². The lowest BCUT2D eigenvalue weighted by molar-refractivity contribution is -0.169. The first kappa shape index (κ1) is 21.4. The molecular weight excluding hydrogens is 358 g/mol. The third-order valence-electron chi connectivity index (χ3n) is 3.84. The number of carbonyl (C=O) groups is 2. The summed E-state index contributed by atoms with van der Waals surface area (Å²) >= 11 is 0. The lowest BCUT2D eigenvalue weighted by atomic mass is 9.98. The Morgan fingerprint density at radius 2 is 1.61 bits per heavy atom. The van der Waals surface area contributed by atoms with Crippen LogP contribution in [0.2, 0.25) is 0 Å². The second-order valence-electron chi connectivity index (χ2n) is 7.30. The van der Waals surface area contributed by atoms with Gasteiger partial charge in [-0.15, -0.1) is 0 Å². The van der Waals surface area contributed by atoms with Crippen molar-refractivity contribution in [2.75, 3.05) is 6.73 Å². The number of benzene rings is 2. The van der Waals surface area contributed by atoms with E-state index < -0.39 is 23.5 Å². The average molecular weight is 385 g/mol. The Bertz CT molecular complexity index is 783. The van der Waals surface area contributed by atoms with Crippen LogP contribution in [-0.4, -0.2) is 24.3 Å². The molecule has 2 aromatic rings. The molecule has 1 atom stereocenters. The zero-order valence-corrected chi connectivity index (χ0v) is 16.5. The van der Waals surface area contributed by atoms with Crippen LogP contribution in [0.25, 0.3) is 0 Å². The maximum atomic E-state index is 12.6. The second-order valence-corrected chi connectivity index (χ2v) is 7.30. The smallest absolute Gasteiger partial charge is 0.321 e. The minimum atomic E-state index is -1.12. The molecule has 0 aliphatic heterocycles. The molecule has 0 aliphatic carbocycles. The van der Waals surface area contributed by atoms with Gasteiger partial charge in [0.25, 0.3) is 0 Å². The molecule has 28 heavy (non-hydrogen) atoms. The molecule has 0 amide bonds. The average Bonchev–Trinajstić information content (AvgIpc) is 2.64. The van der Waals surface area contributed by atoms with Gasteiger partial charge in [0.05, 0.1) is 0 Å². The van der Waals surface area contributed by atoms with Crippen molar-refractivity contribution in [2.45, 2.75) is 39.4 Å². The fourth-order valence-electron chi connectivity index (χ4n) is 2.59. The minimum Gasteiger partial charge on any atom is -0.489 e. The lowest BCUT2D eigenvalue weighted by Crippen LogP contribution is -2.35. The quantitative estimate of drug-likeness (QED) is 0.426. The lowest BCUT2D eigenvalue weighted by Gasteiger charge is -2.23. The summed E-state index contributed by atoms with van der Waals surface area (Å²) in [6.07, 6.45) is 0.0959. The van der Waals surface area contributed by atoms with Crippen LogP contribution in [0.3, 0.4) is 0 Å². The van der Waals surface area contributed by atoms with Crippen molar-refractivity contribution < 1.29 is 23.8 Å². The van der Waals surface area contributed by atoms with Gasteiger partial charge in [0, 0.05) is 0 Å². The zero-order valence-electron chi connectivity index (χ0n) is 16.5. The molecule has 2 N–H and O–H groups in total. The van der Waals surface area contributed by atoms with Gasteiger partial charge >= 0.3 is 11.9 Å². The zero-order chi connectivity index (χ0) is 20.6. The van der Waals surface area contributed by atoms with Crippen LogP contribution in [0.5, 0.6) is 5.75 Å². The summed E-state index contributed by atoms with van der Waals surface area (Å²) in [5.41, 5.74) is 6.32. The highest BCUT2D eigenvalue weighted by Crippen LogP contribution is 2.25. The van der Waals surface area contributed by atoms with Gasteiger partial charge in [-0.2, -0.15) is 0 Å². The van der Waals surface area contributed by atoms with Crippen LogP contribution in [-0.2, 0) is 32.1 Å². The maximum Gasteiger partial charge on any atom is 0.321 e. The Kier molecular flexibility index (Phi) is 7.58. The molecular formula is C22H27NO5. The first-order chi connectivity index (χ1) is 13.3. The van der Waals surface area contributed by atoms with Gasteiger partial charge in [0.1, 0.15) is 24.7 Å². The summed E-state index contributed by atoms with van der Waals surface area (Å²) in [4.78, 5) is 24.9. The topological polar surface area (TPSA) is 87.8 Å². The number of ether oxygens (including phenoxy) is 3. The van der Waals surface area contributed by atoms with E-state index in [1.165, 1.54) is 0 Å². The molecule has 6 nitrogen and oxygen atoms in total. The van der Waals surface area contributed by atoms with Gasteiger partial charge < -0.3 is 14.2 Å². The Morgan fingerprint density at radius 1 is 0.964 bits per heavy atom. The van der Waals surface area contributed by atoms with Crippen molar-refractivity contribution in [1.29, 1.82) is 0 Å². The molecule has 2 aromatic carbocycles. The molecule has 0 saturated carbocycles. The normalized spacial score (nSPS) is 12.1. The molecule has 0 fully saturated rings. The van der Waals surface area contributed by atoms with Crippen LogP contribution in [0.15, 0.2) is 54.6 Å². The molecule has 0 aromatic heterocycles. The molecule has 0 spiro atoms. The Balaban J connectivity index is 2.18. The summed E-state index contributed by atoms with van der Waals surface area (Å²) in [6.45, 7) is 5.31. The number of nitrogens with two attached hydrogens (primary N) is 1. The molecule has 0 radical (unpaired) electrons. The number of para-hydroxylation sites is 1. The van der Waals surface area contributed by atoms with Gasteiger partial charge in [0.15, 0.2) is 5.92 Å². The summed E-state index contributed by atoms with van der Waals surface area (Å²) in [6, 6.07) is 17.0. The molecule has 0 bridgehead atoms. The van der Waals surface area contributed by atoms with E-state index in [0.717, 1.165) is 5.56 Å². The van der Waals surface area contributed by atoms with Crippen molar-refractivity contribution in [3.8, 4) is 5.75 Å². The largest absolute Gasteiger partial charge is 0.489 e. The summed E-state index contributed by atoms with van der Waals surface area (Å²) < 4.78 is 16.2. The van der Waals surface area contributed by atoms with Crippen molar-refractivity contribution in [3.63, 3.8) is 0 Å². The van der Waals surface area contributed by atoms with E-state index in [1.54, 1.807) is 26.8 Å². The SMILES string of the molecule is CC(C)(C)OC(=O)[C@@H](Cc1ccccc1OCc1ccccc1)C(=O)OCN. The number of esters is 2. The Hall–Kier alpha value is -2.86. The molecule has 150 valence electrons. The van der Waals surface area contributed by atoms with Crippen LogP contribution in [0, 0.1) is 5.92 Å². The number of carbonyl (C=O) groups excluding carboxylic acids is 2. The van der Waals surface area contributed by atoms with Crippen LogP contribution in [0.1, 0.15) is 31.9 Å². The van der Waals surface area contributed by atoms with Crippen LogP contribution < -0.4 is 10.5 Å². The molecule has 2 rings (SSSR count). The summed E-state index contributed by atoms with van der Waals surface area (Å²) in [5, 5.41) is 0. The first-order valence-corrected chi connectivity index (χ1v) is 9.14. The van der Waals surface area contributed by atoms with Crippen molar-refractivity contribution in [3.05, 3.63) is 65.7 Å². The predicted molar refractivity (Wildman–Crippen MR) is 105 cm³/mol. The van der Waals surface area contributed by atoms with Gasteiger partial charge in [0.2, 0.25) is 0 Å². The van der Waals surface area contributed by atoms with Gasteiger partial charge in [-0.3, -0.25) is 15.3 Å². The van der Waals surface area contributed by atoms with Crippen molar-refractivity contribution >= 4 is 11.9 Å². The van der Waals surface area contributed by atoms with Crippen LogP contribution in [0.4, 0.5) is 0 Å². The number of rotatable bonds is 8. The minimum absolute atomic E-state index is 0.0959. The summed E-state index contributed by atoms with van der Waals surface area (Å²) in [5.74, 6) is -1.89.